The van der Waals surface area contributed by atoms with Crippen molar-refractivity contribution in [3.8, 4) is 16.2 Å². The van der Waals surface area contributed by atoms with Gasteiger partial charge in [0.15, 0.2) is 5.78 Å². The maximum atomic E-state index is 13.3. The van der Waals surface area contributed by atoms with Crippen LogP contribution in [-0.4, -0.2) is 52.0 Å². The summed E-state index contributed by atoms with van der Waals surface area (Å²) in [4.78, 5) is 44.1. The normalized spacial score (nSPS) is 20.6. The van der Waals surface area contributed by atoms with Crippen molar-refractivity contribution < 1.29 is 24.2 Å². The second kappa shape index (κ2) is 9.74. The van der Waals surface area contributed by atoms with Gasteiger partial charge in [0.05, 0.1) is 11.0 Å². The number of carbonyl (C=O) groups is 3. The molecule has 4 rings (SSSR count). The highest BCUT2D eigenvalue weighted by Gasteiger charge is 2.47. The van der Waals surface area contributed by atoms with E-state index in [2.05, 4.69) is 15.6 Å². The zero-order valence-corrected chi connectivity index (χ0v) is 19.6. The van der Waals surface area contributed by atoms with Gasteiger partial charge < -0.3 is 20.5 Å². The molecule has 0 aliphatic carbocycles. The van der Waals surface area contributed by atoms with Crippen LogP contribution in [0.4, 0.5) is 0 Å². The van der Waals surface area contributed by atoms with E-state index in [1.165, 1.54) is 23.5 Å². The number of thiophene rings is 1. The number of Topliss-reactive ketones (excluding diaryl/α,β-unsaturated/α-hetero) is 1. The molecule has 1 aromatic carbocycles. The van der Waals surface area contributed by atoms with E-state index in [1.807, 2.05) is 18.2 Å². The van der Waals surface area contributed by atoms with E-state index in [4.69, 9.17) is 4.74 Å². The van der Waals surface area contributed by atoms with Crippen molar-refractivity contribution in [3.05, 3.63) is 71.4 Å². The zero-order valence-electron chi connectivity index (χ0n) is 18.8. The Morgan fingerprint density at radius 1 is 1.26 bits per heavy atom. The number of nitrogens with zero attached hydrogens (tertiary/aromatic N) is 1. The first kappa shape index (κ1) is 23.6. The Balaban J connectivity index is 1.55. The van der Waals surface area contributed by atoms with Crippen molar-refractivity contribution in [2.24, 2.45) is 0 Å². The smallest absolute Gasteiger partial charge is 0.262 e. The highest BCUT2D eigenvalue weighted by Crippen LogP contribution is 2.28. The third-order valence-electron chi connectivity index (χ3n) is 5.99. The molecule has 3 heterocycles. The van der Waals surface area contributed by atoms with Gasteiger partial charge in [-0.25, -0.2) is 0 Å². The van der Waals surface area contributed by atoms with Gasteiger partial charge in [-0.05, 0) is 49.7 Å². The lowest BCUT2D eigenvalue weighted by Gasteiger charge is -2.29. The molecule has 34 heavy (non-hydrogen) atoms. The fourth-order valence-electron chi connectivity index (χ4n) is 3.74. The van der Waals surface area contributed by atoms with Crippen LogP contribution in [-0.2, 0) is 20.7 Å². The predicted octanol–water partition coefficient (Wildman–Crippen LogP) is 2.72. The van der Waals surface area contributed by atoms with Crippen LogP contribution in [0.3, 0.4) is 0 Å². The van der Waals surface area contributed by atoms with Crippen LogP contribution >= 0.6 is 11.3 Å². The van der Waals surface area contributed by atoms with E-state index in [0.717, 1.165) is 10.4 Å². The molecule has 176 valence electrons. The van der Waals surface area contributed by atoms with Gasteiger partial charge in [0.1, 0.15) is 23.9 Å². The fraction of sp³-hybridized carbons (Fsp3) is 0.280. The molecule has 1 saturated heterocycles. The lowest BCUT2D eigenvalue weighted by molar-refractivity contribution is -0.130. The van der Waals surface area contributed by atoms with Crippen molar-refractivity contribution in [1.29, 1.82) is 0 Å². The SMILES string of the molecule is CC1OCC(=O)C1(C)NC(=O)C(Cc1cccc(O)c1)NC(=O)c1ccc(-c2cccnc2)s1. The summed E-state index contributed by atoms with van der Waals surface area (Å²) < 4.78 is 5.40. The summed E-state index contributed by atoms with van der Waals surface area (Å²) in [7, 11) is 0. The predicted molar refractivity (Wildman–Crippen MR) is 128 cm³/mol. The Labute approximate surface area is 201 Å². The Hall–Kier alpha value is -3.56. The quantitative estimate of drug-likeness (QED) is 0.480. The highest BCUT2D eigenvalue weighted by atomic mass is 32.1. The molecule has 2 aromatic heterocycles. The molecular weight excluding hydrogens is 454 g/mol. The van der Waals surface area contributed by atoms with Gasteiger partial charge in [0.25, 0.3) is 5.91 Å². The standard InChI is InChI=1S/C25H25N3O5S/c1-15-25(2,22(30)14-33-15)28-23(31)19(12-16-5-3-7-18(29)11-16)27-24(32)21-9-8-20(34-21)17-6-4-10-26-13-17/h3-11,13,15,19,29H,12,14H2,1-2H3,(H,27,32)(H,28,31). The maximum absolute atomic E-state index is 13.3. The monoisotopic (exact) mass is 479 g/mol. The minimum atomic E-state index is -1.19. The third kappa shape index (κ3) is 5.00. The number of aromatic hydroxyl groups is 1. The number of benzene rings is 1. The molecule has 1 aliphatic rings. The number of nitrogens with one attached hydrogen (secondary N) is 2. The van der Waals surface area contributed by atoms with Gasteiger partial charge >= 0.3 is 0 Å². The van der Waals surface area contributed by atoms with Gasteiger partial charge in [-0.15, -0.1) is 11.3 Å². The number of aromatic nitrogens is 1. The van der Waals surface area contributed by atoms with Gasteiger partial charge in [-0.2, -0.15) is 0 Å². The maximum Gasteiger partial charge on any atom is 0.262 e. The molecule has 2 amide bonds. The Bertz CT molecular complexity index is 1210. The summed E-state index contributed by atoms with van der Waals surface area (Å²) in [6.45, 7) is 3.27. The molecule has 3 atom stereocenters. The topological polar surface area (TPSA) is 118 Å². The van der Waals surface area contributed by atoms with Crippen LogP contribution < -0.4 is 10.6 Å². The summed E-state index contributed by atoms with van der Waals surface area (Å²) in [5, 5.41) is 15.4. The average molecular weight is 480 g/mol. The first-order chi connectivity index (χ1) is 16.3. The molecule has 0 saturated carbocycles. The third-order valence-corrected chi connectivity index (χ3v) is 7.12. The van der Waals surface area contributed by atoms with E-state index in [-0.39, 0.29) is 24.6 Å². The van der Waals surface area contributed by atoms with Crippen LogP contribution in [0.5, 0.6) is 5.75 Å². The number of rotatable bonds is 7. The van der Waals surface area contributed by atoms with Crippen LogP contribution in [0, 0.1) is 0 Å². The Morgan fingerprint density at radius 2 is 2.09 bits per heavy atom. The van der Waals surface area contributed by atoms with Crippen LogP contribution in [0.25, 0.3) is 10.4 Å². The number of carbonyl (C=O) groups excluding carboxylic acids is 3. The van der Waals surface area contributed by atoms with Gasteiger partial charge in [-0.1, -0.05) is 18.2 Å². The molecule has 9 heteroatoms. The molecule has 3 unspecified atom stereocenters. The Kier molecular flexibility index (Phi) is 6.76. The van der Waals surface area contributed by atoms with E-state index in [1.54, 1.807) is 44.4 Å². The molecule has 1 aliphatic heterocycles. The molecule has 1 fully saturated rings. The van der Waals surface area contributed by atoms with Crippen LogP contribution in [0.1, 0.15) is 29.1 Å². The summed E-state index contributed by atoms with van der Waals surface area (Å²) in [6, 6.07) is 12.8. The van der Waals surface area contributed by atoms with Gasteiger partial charge in [0, 0.05) is 29.3 Å². The van der Waals surface area contributed by atoms with Crippen LogP contribution in [0.15, 0.2) is 60.9 Å². The number of hydrogen-bond acceptors (Lipinski definition) is 7. The van der Waals surface area contributed by atoms with Crippen molar-refractivity contribution in [2.45, 2.75) is 38.0 Å². The van der Waals surface area contributed by atoms with Crippen molar-refractivity contribution >= 4 is 28.9 Å². The summed E-state index contributed by atoms with van der Waals surface area (Å²) in [5.74, 6) is -1.08. The first-order valence-corrected chi connectivity index (χ1v) is 11.6. The number of ketones is 1. The van der Waals surface area contributed by atoms with E-state index >= 15 is 0 Å². The largest absolute Gasteiger partial charge is 0.508 e. The molecule has 8 nitrogen and oxygen atoms in total. The number of amides is 2. The van der Waals surface area contributed by atoms with Crippen LogP contribution in [0.2, 0.25) is 0 Å². The molecule has 3 N–H and O–H groups in total. The lowest BCUT2D eigenvalue weighted by atomic mass is 9.92. The minimum absolute atomic E-state index is 0.0577. The number of pyridine rings is 1. The summed E-state index contributed by atoms with van der Waals surface area (Å²) in [6.07, 6.45) is 3.03. The average Bonchev–Trinajstić information content (AvgIpc) is 3.41. The van der Waals surface area contributed by atoms with Crippen molar-refractivity contribution in [3.63, 3.8) is 0 Å². The summed E-state index contributed by atoms with van der Waals surface area (Å²) >= 11 is 1.29. The van der Waals surface area contributed by atoms with Crippen molar-refractivity contribution in [2.75, 3.05) is 6.61 Å². The fourth-order valence-corrected chi connectivity index (χ4v) is 4.64. The zero-order chi connectivity index (χ0) is 24.3. The van der Waals surface area contributed by atoms with Crippen molar-refractivity contribution in [1.82, 2.24) is 15.6 Å². The second-order valence-corrected chi connectivity index (χ2v) is 9.46. The molecule has 0 radical (unpaired) electrons. The second-order valence-electron chi connectivity index (χ2n) is 8.37. The van der Waals surface area contributed by atoms with Gasteiger partial charge in [0.2, 0.25) is 5.91 Å². The molecule has 3 aromatic rings. The minimum Gasteiger partial charge on any atom is -0.508 e. The molecular formula is C25H25N3O5S. The number of ether oxygens (including phenoxy) is 1. The molecule has 0 spiro atoms. The highest BCUT2D eigenvalue weighted by molar-refractivity contribution is 7.17. The molecule has 0 bridgehead atoms. The van der Waals surface area contributed by atoms with E-state index < -0.39 is 29.5 Å². The van der Waals surface area contributed by atoms with E-state index in [0.29, 0.717) is 10.4 Å². The number of phenolic OH excluding ortho intramolecular Hbond substituents is 1. The number of phenols is 1. The Morgan fingerprint density at radius 3 is 2.76 bits per heavy atom. The lowest BCUT2D eigenvalue weighted by Crippen LogP contribution is -2.60. The van der Waals surface area contributed by atoms with E-state index in [9.17, 15) is 19.5 Å². The number of hydrogen-bond donors (Lipinski definition) is 3. The first-order valence-electron chi connectivity index (χ1n) is 10.8. The summed E-state index contributed by atoms with van der Waals surface area (Å²) in [5.41, 5.74) is 0.368. The van der Waals surface area contributed by atoms with Gasteiger partial charge in [-0.3, -0.25) is 19.4 Å².